The first-order chi connectivity index (χ1) is 6.84. The molecule has 1 N–H and O–H groups in total. The molecule has 0 aromatic heterocycles. The molecule has 0 radical (unpaired) electrons. The standard InChI is InChI=1S/C11H19NO3/c1-6(2)8-5-7-9(13)10(14)12(7)11(3,4)15-8/h6-9,13H,5H2,1-4H3/t7?,8?,9-/m0/s1. The Hall–Kier alpha value is -0.610. The van der Waals surface area contributed by atoms with Crippen LogP contribution in [0.5, 0.6) is 0 Å². The van der Waals surface area contributed by atoms with Crippen molar-refractivity contribution in [3.63, 3.8) is 0 Å². The van der Waals surface area contributed by atoms with Gasteiger partial charge in [-0.3, -0.25) is 4.79 Å². The number of hydrogen-bond donors (Lipinski definition) is 1. The lowest BCUT2D eigenvalue weighted by molar-refractivity contribution is -0.268. The fraction of sp³-hybridized carbons (Fsp3) is 0.909. The third-order valence-electron chi connectivity index (χ3n) is 3.42. The van der Waals surface area contributed by atoms with E-state index in [0.29, 0.717) is 5.92 Å². The highest BCUT2D eigenvalue weighted by molar-refractivity contribution is 5.88. The van der Waals surface area contributed by atoms with Gasteiger partial charge in [-0.25, -0.2) is 0 Å². The Kier molecular flexibility index (Phi) is 2.32. The molecule has 1 amide bonds. The summed E-state index contributed by atoms with van der Waals surface area (Å²) in [6.07, 6.45) is 0.0620. The predicted octanol–water partition coefficient (Wildman–Crippen LogP) is 0.739. The van der Waals surface area contributed by atoms with E-state index in [1.807, 2.05) is 13.8 Å². The number of fused-ring (bicyclic) bond motifs is 1. The number of amides is 1. The van der Waals surface area contributed by atoms with E-state index < -0.39 is 11.8 Å². The minimum Gasteiger partial charge on any atom is -0.381 e. The molecule has 0 bridgehead atoms. The van der Waals surface area contributed by atoms with Crippen molar-refractivity contribution in [1.29, 1.82) is 0 Å². The summed E-state index contributed by atoms with van der Waals surface area (Å²) >= 11 is 0. The van der Waals surface area contributed by atoms with Crippen molar-refractivity contribution >= 4 is 5.91 Å². The molecule has 0 saturated carbocycles. The van der Waals surface area contributed by atoms with E-state index in [1.54, 1.807) is 4.90 Å². The number of β-lactam (4-membered cyclic amide) rings is 1. The molecular weight excluding hydrogens is 194 g/mol. The highest BCUT2D eigenvalue weighted by atomic mass is 16.5. The summed E-state index contributed by atoms with van der Waals surface area (Å²) in [5.74, 6) is 0.210. The van der Waals surface area contributed by atoms with Crippen LogP contribution >= 0.6 is 0 Å². The molecule has 2 aliphatic rings. The molecule has 2 rings (SSSR count). The molecule has 0 aliphatic carbocycles. The largest absolute Gasteiger partial charge is 0.381 e. The Balaban J connectivity index is 2.18. The van der Waals surface area contributed by atoms with Crippen LogP contribution in [0.1, 0.15) is 34.1 Å². The maximum absolute atomic E-state index is 11.5. The molecule has 0 aromatic carbocycles. The third-order valence-corrected chi connectivity index (χ3v) is 3.42. The molecule has 15 heavy (non-hydrogen) atoms. The second-order valence-electron chi connectivity index (χ2n) is 5.30. The van der Waals surface area contributed by atoms with Gasteiger partial charge in [-0.05, 0) is 26.2 Å². The summed E-state index contributed by atoms with van der Waals surface area (Å²) in [6, 6.07) is -0.0475. The number of carbonyl (C=O) groups is 1. The molecular formula is C11H19NO3. The summed E-state index contributed by atoms with van der Waals surface area (Å²) < 4.78 is 5.88. The maximum atomic E-state index is 11.5. The van der Waals surface area contributed by atoms with E-state index in [1.165, 1.54) is 0 Å². The van der Waals surface area contributed by atoms with E-state index in [0.717, 1.165) is 6.42 Å². The molecule has 0 spiro atoms. The number of aliphatic hydroxyl groups is 1. The monoisotopic (exact) mass is 213 g/mol. The molecule has 2 fully saturated rings. The van der Waals surface area contributed by atoms with Crippen molar-refractivity contribution in [3.05, 3.63) is 0 Å². The van der Waals surface area contributed by atoms with Crippen LogP contribution in [0.3, 0.4) is 0 Å². The number of hydrogen-bond acceptors (Lipinski definition) is 3. The van der Waals surface area contributed by atoms with Crippen LogP contribution in [-0.4, -0.2) is 39.9 Å². The van der Waals surface area contributed by atoms with Crippen molar-refractivity contribution in [3.8, 4) is 0 Å². The fourth-order valence-corrected chi connectivity index (χ4v) is 2.55. The molecule has 0 aromatic rings. The molecule has 3 atom stereocenters. The highest BCUT2D eigenvalue weighted by Gasteiger charge is 2.57. The highest BCUT2D eigenvalue weighted by Crippen LogP contribution is 2.40. The zero-order valence-electron chi connectivity index (χ0n) is 9.73. The van der Waals surface area contributed by atoms with Crippen molar-refractivity contribution in [2.24, 2.45) is 5.92 Å². The van der Waals surface area contributed by atoms with Crippen molar-refractivity contribution < 1.29 is 14.6 Å². The zero-order valence-corrected chi connectivity index (χ0v) is 9.73. The second kappa shape index (κ2) is 3.19. The van der Waals surface area contributed by atoms with E-state index in [2.05, 4.69) is 13.8 Å². The van der Waals surface area contributed by atoms with Gasteiger partial charge in [0.15, 0.2) is 6.10 Å². The van der Waals surface area contributed by atoms with Crippen LogP contribution < -0.4 is 0 Å². The Labute approximate surface area is 90.2 Å². The normalized spacial score (nSPS) is 38.9. The van der Waals surface area contributed by atoms with Gasteiger partial charge < -0.3 is 14.7 Å². The van der Waals surface area contributed by atoms with Gasteiger partial charge in [-0.1, -0.05) is 13.8 Å². The minimum atomic E-state index is -0.811. The summed E-state index contributed by atoms with van der Waals surface area (Å²) in [4.78, 5) is 13.1. The van der Waals surface area contributed by atoms with Crippen LogP contribution in [0, 0.1) is 5.92 Å². The Morgan fingerprint density at radius 3 is 2.67 bits per heavy atom. The van der Waals surface area contributed by atoms with Crippen molar-refractivity contribution in [2.45, 2.75) is 58.1 Å². The van der Waals surface area contributed by atoms with Gasteiger partial charge in [0.1, 0.15) is 5.72 Å². The van der Waals surface area contributed by atoms with Crippen molar-refractivity contribution in [1.82, 2.24) is 4.90 Å². The predicted molar refractivity (Wildman–Crippen MR) is 55.0 cm³/mol. The second-order valence-corrected chi connectivity index (χ2v) is 5.30. The first-order valence-electron chi connectivity index (χ1n) is 5.53. The van der Waals surface area contributed by atoms with Crippen LogP contribution in [0.25, 0.3) is 0 Å². The fourth-order valence-electron chi connectivity index (χ4n) is 2.55. The molecule has 2 saturated heterocycles. The maximum Gasteiger partial charge on any atom is 0.256 e. The first kappa shape index (κ1) is 10.9. The number of ether oxygens (including phenoxy) is 1. The average Bonchev–Trinajstić information content (AvgIpc) is 2.14. The Bertz CT molecular complexity index is 288. The van der Waals surface area contributed by atoms with Gasteiger partial charge in [-0.2, -0.15) is 0 Å². The molecule has 2 unspecified atom stereocenters. The van der Waals surface area contributed by atoms with Crippen molar-refractivity contribution in [2.75, 3.05) is 0 Å². The zero-order chi connectivity index (χ0) is 11.4. The number of nitrogens with zero attached hydrogens (tertiary/aromatic N) is 1. The summed E-state index contributed by atoms with van der Waals surface area (Å²) in [5.41, 5.74) is -0.575. The van der Waals surface area contributed by atoms with Crippen LogP contribution in [-0.2, 0) is 9.53 Å². The number of aliphatic hydroxyl groups excluding tert-OH is 1. The number of rotatable bonds is 1. The van der Waals surface area contributed by atoms with E-state index >= 15 is 0 Å². The quantitative estimate of drug-likeness (QED) is 0.654. The smallest absolute Gasteiger partial charge is 0.256 e. The van der Waals surface area contributed by atoms with Gasteiger partial charge in [0.25, 0.3) is 5.91 Å². The van der Waals surface area contributed by atoms with E-state index in [9.17, 15) is 9.90 Å². The molecule has 2 heterocycles. The lowest BCUT2D eigenvalue weighted by Gasteiger charge is -2.58. The molecule has 4 nitrogen and oxygen atoms in total. The lowest BCUT2D eigenvalue weighted by atomic mass is 9.84. The van der Waals surface area contributed by atoms with Crippen LogP contribution in [0.2, 0.25) is 0 Å². The molecule has 2 aliphatic heterocycles. The Morgan fingerprint density at radius 2 is 2.13 bits per heavy atom. The van der Waals surface area contributed by atoms with Gasteiger partial charge in [-0.15, -0.1) is 0 Å². The molecule has 4 heteroatoms. The van der Waals surface area contributed by atoms with E-state index in [-0.39, 0.29) is 18.1 Å². The summed E-state index contributed by atoms with van der Waals surface area (Å²) in [6.45, 7) is 7.98. The van der Waals surface area contributed by atoms with Crippen LogP contribution in [0.4, 0.5) is 0 Å². The van der Waals surface area contributed by atoms with E-state index in [4.69, 9.17) is 4.74 Å². The Morgan fingerprint density at radius 1 is 1.53 bits per heavy atom. The van der Waals surface area contributed by atoms with Crippen LogP contribution in [0.15, 0.2) is 0 Å². The SMILES string of the molecule is CC(C)C1CC2[C@H](O)C(=O)N2C(C)(C)O1. The summed E-state index contributed by atoms with van der Waals surface area (Å²) in [7, 11) is 0. The number of carbonyl (C=O) groups excluding carboxylic acids is 1. The molecule has 86 valence electrons. The third kappa shape index (κ3) is 1.47. The topological polar surface area (TPSA) is 49.8 Å². The average molecular weight is 213 g/mol. The first-order valence-corrected chi connectivity index (χ1v) is 5.53. The minimum absolute atomic E-state index is 0.0475. The van der Waals surface area contributed by atoms with Gasteiger partial charge in [0.05, 0.1) is 12.1 Å². The van der Waals surface area contributed by atoms with Gasteiger partial charge in [0, 0.05) is 0 Å². The summed E-state index contributed by atoms with van der Waals surface area (Å²) in [5, 5.41) is 9.60. The lowest BCUT2D eigenvalue weighted by Crippen LogP contribution is -2.75. The van der Waals surface area contributed by atoms with Gasteiger partial charge in [0.2, 0.25) is 0 Å². The van der Waals surface area contributed by atoms with Gasteiger partial charge >= 0.3 is 0 Å².